The Labute approximate surface area is 123 Å². The summed E-state index contributed by atoms with van der Waals surface area (Å²) in [6.45, 7) is 0.353. The molecule has 0 saturated heterocycles. The van der Waals surface area contributed by atoms with Crippen LogP contribution in [0.3, 0.4) is 0 Å². The van der Waals surface area contributed by atoms with E-state index in [2.05, 4.69) is 5.32 Å². The predicted octanol–water partition coefficient (Wildman–Crippen LogP) is 3.46. The fraction of sp³-hybridized carbons (Fsp3) is 0.250. The summed E-state index contributed by atoms with van der Waals surface area (Å²) < 4.78 is 29.2. The maximum Gasteiger partial charge on any atom is 0.131 e. The van der Waals surface area contributed by atoms with E-state index >= 15 is 0 Å². The number of benzene rings is 2. The van der Waals surface area contributed by atoms with E-state index in [1.807, 2.05) is 12.1 Å². The Morgan fingerprint density at radius 3 is 2.00 bits per heavy atom. The van der Waals surface area contributed by atoms with Gasteiger partial charge >= 0.3 is 0 Å². The van der Waals surface area contributed by atoms with E-state index in [9.17, 15) is 4.39 Å². The smallest absolute Gasteiger partial charge is 0.131 e. The molecule has 1 N–H and O–H groups in total. The largest absolute Gasteiger partial charge is 0.497 e. The van der Waals surface area contributed by atoms with Gasteiger partial charge in [-0.3, -0.25) is 0 Å². The number of hydrogen-bond acceptors (Lipinski definition) is 4. The molecule has 0 radical (unpaired) electrons. The van der Waals surface area contributed by atoms with Crippen molar-refractivity contribution >= 4 is 5.69 Å². The summed E-state index contributed by atoms with van der Waals surface area (Å²) in [4.78, 5) is 0. The van der Waals surface area contributed by atoms with Crippen LogP contribution in [-0.4, -0.2) is 21.3 Å². The Morgan fingerprint density at radius 2 is 1.48 bits per heavy atom. The molecule has 2 rings (SSSR count). The van der Waals surface area contributed by atoms with Crippen molar-refractivity contribution in [2.45, 2.75) is 6.54 Å². The van der Waals surface area contributed by atoms with Gasteiger partial charge in [0.1, 0.15) is 23.1 Å². The first kappa shape index (κ1) is 15.0. The zero-order valence-corrected chi connectivity index (χ0v) is 12.3. The molecule has 0 atom stereocenters. The highest BCUT2D eigenvalue weighted by Gasteiger charge is 2.06. The van der Waals surface area contributed by atoms with Crippen LogP contribution in [0.1, 0.15) is 5.56 Å². The normalized spacial score (nSPS) is 10.1. The van der Waals surface area contributed by atoms with Gasteiger partial charge in [0.05, 0.1) is 21.3 Å². The average Bonchev–Trinajstić information content (AvgIpc) is 2.53. The number of ether oxygens (including phenoxy) is 3. The van der Waals surface area contributed by atoms with Gasteiger partial charge in [0.15, 0.2) is 0 Å². The highest BCUT2D eigenvalue weighted by molar-refractivity contribution is 5.54. The Morgan fingerprint density at radius 1 is 0.857 bits per heavy atom. The standard InChI is InChI=1S/C16H18FNO3/c1-19-13-5-4-11(16(17)9-13)10-18-12-6-14(20-2)8-15(7-12)21-3/h4-9,18H,10H2,1-3H3. The van der Waals surface area contributed by atoms with Gasteiger partial charge in [0.25, 0.3) is 0 Å². The second-order valence-corrected chi connectivity index (χ2v) is 4.41. The second-order valence-electron chi connectivity index (χ2n) is 4.41. The fourth-order valence-corrected chi connectivity index (χ4v) is 1.91. The van der Waals surface area contributed by atoms with E-state index in [0.29, 0.717) is 29.4 Å². The average molecular weight is 291 g/mol. The van der Waals surface area contributed by atoms with Crippen molar-refractivity contribution in [2.75, 3.05) is 26.6 Å². The minimum absolute atomic E-state index is 0.309. The van der Waals surface area contributed by atoms with Gasteiger partial charge in [-0.05, 0) is 6.07 Å². The van der Waals surface area contributed by atoms with Crippen molar-refractivity contribution in [3.8, 4) is 17.2 Å². The number of hydrogen-bond donors (Lipinski definition) is 1. The summed E-state index contributed by atoms with van der Waals surface area (Å²) in [6, 6.07) is 10.2. The van der Waals surface area contributed by atoms with Crippen LogP contribution in [0.15, 0.2) is 36.4 Å². The van der Waals surface area contributed by atoms with Crippen LogP contribution < -0.4 is 19.5 Å². The molecule has 0 aliphatic heterocycles. The third-order valence-electron chi connectivity index (χ3n) is 3.09. The molecule has 0 saturated carbocycles. The second kappa shape index (κ2) is 6.83. The lowest BCUT2D eigenvalue weighted by atomic mass is 10.2. The van der Waals surface area contributed by atoms with Gasteiger partial charge in [0, 0.05) is 42.1 Å². The molecule has 0 unspecified atom stereocenters. The molecule has 21 heavy (non-hydrogen) atoms. The number of anilines is 1. The third kappa shape index (κ3) is 3.78. The van der Waals surface area contributed by atoms with Gasteiger partial charge in [-0.2, -0.15) is 0 Å². The molecule has 4 nitrogen and oxygen atoms in total. The molecule has 2 aromatic carbocycles. The monoisotopic (exact) mass is 291 g/mol. The highest BCUT2D eigenvalue weighted by Crippen LogP contribution is 2.26. The van der Waals surface area contributed by atoms with Gasteiger partial charge in [-0.15, -0.1) is 0 Å². The first-order chi connectivity index (χ1) is 10.2. The van der Waals surface area contributed by atoms with E-state index in [0.717, 1.165) is 5.69 Å². The first-order valence-corrected chi connectivity index (χ1v) is 6.45. The van der Waals surface area contributed by atoms with Crippen LogP contribution in [0, 0.1) is 5.82 Å². The molecular formula is C16H18FNO3. The van der Waals surface area contributed by atoms with Crippen LogP contribution in [-0.2, 0) is 6.54 Å². The molecule has 0 aliphatic rings. The molecule has 0 spiro atoms. The topological polar surface area (TPSA) is 39.7 Å². The summed E-state index contributed by atoms with van der Waals surface area (Å²) in [5.41, 5.74) is 1.35. The summed E-state index contributed by atoms with van der Waals surface area (Å²) in [7, 11) is 4.68. The van der Waals surface area contributed by atoms with Crippen molar-refractivity contribution in [3.05, 3.63) is 47.8 Å². The van der Waals surface area contributed by atoms with Gasteiger partial charge in [-0.1, -0.05) is 6.07 Å². The zero-order chi connectivity index (χ0) is 15.2. The third-order valence-corrected chi connectivity index (χ3v) is 3.09. The lowest BCUT2D eigenvalue weighted by Crippen LogP contribution is -2.02. The predicted molar refractivity (Wildman–Crippen MR) is 79.8 cm³/mol. The molecule has 0 aliphatic carbocycles. The van der Waals surface area contributed by atoms with Crippen LogP contribution in [0.2, 0.25) is 0 Å². The molecule has 0 fully saturated rings. The quantitative estimate of drug-likeness (QED) is 0.884. The van der Waals surface area contributed by atoms with E-state index in [-0.39, 0.29) is 5.82 Å². The summed E-state index contributed by atoms with van der Waals surface area (Å²) in [6.07, 6.45) is 0. The molecule has 112 valence electrons. The minimum Gasteiger partial charge on any atom is -0.497 e. The molecular weight excluding hydrogens is 273 g/mol. The van der Waals surface area contributed by atoms with E-state index in [1.165, 1.54) is 13.2 Å². The van der Waals surface area contributed by atoms with Gasteiger partial charge < -0.3 is 19.5 Å². The fourth-order valence-electron chi connectivity index (χ4n) is 1.91. The maximum absolute atomic E-state index is 13.9. The maximum atomic E-state index is 13.9. The number of methoxy groups -OCH3 is 3. The molecule has 0 heterocycles. The van der Waals surface area contributed by atoms with E-state index in [4.69, 9.17) is 14.2 Å². The van der Waals surface area contributed by atoms with Crippen molar-refractivity contribution in [2.24, 2.45) is 0 Å². The lowest BCUT2D eigenvalue weighted by Gasteiger charge is -2.11. The Hall–Kier alpha value is -2.43. The number of rotatable bonds is 6. The Balaban J connectivity index is 2.12. The molecule has 2 aromatic rings. The first-order valence-electron chi connectivity index (χ1n) is 6.45. The van der Waals surface area contributed by atoms with Crippen molar-refractivity contribution < 1.29 is 18.6 Å². The van der Waals surface area contributed by atoms with Gasteiger partial charge in [-0.25, -0.2) is 4.39 Å². The SMILES string of the molecule is COc1cc(NCc2ccc(OC)cc2F)cc(OC)c1. The Kier molecular flexibility index (Phi) is 4.87. The molecule has 0 aromatic heterocycles. The van der Waals surface area contributed by atoms with Crippen LogP contribution in [0.4, 0.5) is 10.1 Å². The summed E-state index contributed by atoms with van der Waals surface area (Å²) in [5.74, 6) is 1.54. The summed E-state index contributed by atoms with van der Waals surface area (Å²) in [5, 5.41) is 3.15. The van der Waals surface area contributed by atoms with E-state index < -0.39 is 0 Å². The van der Waals surface area contributed by atoms with Crippen molar-refractivity contribution in [1.82, 2.24) is 0 Å². The lowest BCUT2D eigenvalue weighted by molar-refractivity contribution is 0.394. The molecule has 5 heteroatoms. The van der Waals surface area contributed by atoms with E-state index in [1.54, 1.807) is 32.4 Å². The van der Waals surface area contributed by atoms with Crippen molar-refractivity contribution in [3.63, 3.8) is 0 Å². The minimum atomic E-state index is -0.309. The van der Waals surface area contributed by atoms with Crippen molar-refractivity contribution in [1.29, 1.82) is 0 Å². The summed E-state index contributed by atoms with van der Waals surface area (Å²) >= 11 is 0. The van der Waals surface area contributed by atoms with Crippen LogP contribution in [0.5, 0.6) is 17.2 Å². The highest BCUT2D eigenvalue weighted by atomic mass is 19.1. The molecule has 0 bridgehead atoms. The van der Waals surface area contributed by atoms with Crippen LogP contribution in [0.25, 0.3) is 0 Å². The Bertz CT molecular complexity index is 594. The van der Waals surface area contributed by atoms with Gasteiger partial charge in [0.2, 0.25) is 0 Å². The molecule has 0 amide bonds. The number of halogens is 1. The number of nitrogens with one attached hydrogen (secondary N) is 1. The zero-order valence-electron chi connectivity index (χ0n) is 12.3. The van der Waals surface area contributed by atoms with Crippen LogP contribution >= 0.6 is 0 Å².